The fourth-order valence-corrected chi connectivity index (χ4v) is 4.19. The SMILES string of the molecule is CC1CCCC(C)C1N=CC=NC1C(C)CCCC1C.[Br][Ni][Br]. The molecule has 0 N–H and O–H groups in total. The third-order valence-electron chi connectivity index (χ3n) is 5.55. The fourth-order valence-electron chi connectivity index (χ4n) is 4.19. The van der Waals surface area contributed by atoms with E-state index in [1.165, 1.54) is 49.4 Å². The Hall–Kier alpha value is 0.794. The van der Waals surface area contributed by atoms with Crippen molar-refractivity contribution in [3.8, 4) is 0 Å². The number of aliphatic imine (C=N–C) groups is 2. The van der Waals surface area contributed by atoms with Gasteiger partial charge in [-0.2, -0.15) is 0 Å². The summed E-state index contributed by atoms with van der Waals surface area (Å²) in [6.07, 6.45) is 12.0. The van der Waals surface area contributed by atoms with Crippen LogP contribution in [0.2, 0.25) is 0 Å². The summed E-state index contributed by atoms with van der Waals surface area (Å²) in [6.45, 7) is 9.39. The Morgan fingerprint density at radius 3 is 1.22 bits per heavy atom. The normalized spacial score (nSPS) is 38.7. The summed E-state index contributed by atoms with van der Waals surface area (Å²) in [5.41, 5.74) is 0. The van der Waals surface area contributed by atoms with Gasteiger partial charge >= 0.3 is 39.3 Å². The molecule has 0 saturated heterocycles. The predicted molar refractivity (Wildman–Crippen MR) is 107 cm³/mol. The predicted octanol–water partition coefficient (Wildman–Crippen LogP) is 6.47. The van der Waals surface area contributed by atoms with Gasteiger partial charge < -0.3 is 0 Å². The van der Waals surface area contributed by atoms with Gasteiger partial charge in [0.05, 0.1) is 12.1 Å². The Labute approximate surface area is 163 Å². The molecule has 23 heavy (non-hydrogen) atoms. The van der Waals surface area contributed by atoms with E-state index in [1.807, 2.05) is 12.4 Å². The number of halogens is 2. The molecular weight excluding hydrogens is 463 g/mol. The van der Waals surface area contributed by atoms with E-state index in [1.54, 1.807) is 0 Å². The summed E-state index contributed by atoms with van der Waals surface area (Å²) < 4.78 is 0. The topological polar surface area (TPSA) is 24.7 Å². The number of rotatable bonds is 3. The molecule has 0 aromatic carbocycles. The maximum atomic E-state index is 4.81. The molecule has 0 spiro atoms. The van der Waals surface area contributed by atoms with Gasteiger partial charge in [-0.3, -0.25) is 9.98 Å². The zero-order valence-corrected chi connectivity index (χ0v) is 19.0. The average Bonchev–Trinajstić information content (AvgIpc) is 2.49. The van der Waals surface area contributed by atoms with Gasteiger partial charge in [0.15, 0.2) is 0 Å². The van der Waals surface area contributed by atoms with Crippen LogP contribution in [0.4, 0.5) is 0 Å². The van der Waals surface area contributed by atoms with Crippen molar-refractivity contribution in [2.45, 2.75) is 78.3 Å². The van der Waals surface area contributed by atoms with Crippen LogP contribution in [-0.2, 0) is 10.9 Å². The molecule has 138 valence electrons. The molecule has 4 atom stereocenters. The number of hydrogen-bond acceptors (Lipinski definition) is 2. The Morgan fingerprint density at radius 2 is 0.957 bits per heavy atom. The van der Waals surface area contributed by atoms with Crippen molar-refractivity contribution in [2.75, 3.05) is 0 Å². The first-order chi connectivity index (χ1) is 11.0. The second-order valence-electron chi connectivity index (χ2n) is 7.39. The van der Waals surface area contributed by atoms with Gasteiger partial charge in [0.1, 0.15) is 0 Å². The van der Waals surface area contributed by atoms with Gasteiger partial charge in [0.2, 0.25) is 0 Å². The molecule has 5 heteroatoms. The molecule has 0 aromatic rings. The molecule has 0 bridgehead atoms. The van der Waals surface area contributed by atoms with Crippen LogP contribution in [0.25, 0.3) is 0 Å². The van der Waals surface area contributed by atoms with Gasteiger partial charge in [-0.15, -0.1) is 0 Å². The van der Waals surface area contributed by atoms with Crippen LogP contribution in [0.1, 0.15) is 66.2 Å². The third kappa shape index (κ3) is 7.69. The summed E-state index contributed by atoms with van der Waals surface area (Å²) in [7, 11) is 1.25. The molecule has 2 aliphatic rings. The molecule has 0 radical (unpaired) electrons. The third-order valence-corrected chi connectivity index (χ3v) is 5.55. The first kappa shape index (κ1) is 21.8. The summed E-state index contributed by atoms with van der Waals surface area (Å²) in [6, 6.07) is 1.02. The van der Waals surface area contributed by atoms with E-state index in [2.05, 4.69) is 56.1 Å². The van der Waals surface area contributed by atoms with Crippen LogP contribution >= 0.6 is 28.5 Å². The maximum absolute atomic E-state index is 4.81. The zero-order chi connectivity index (χ0) is 17.2. The molecule has 2 saturated carbocycles. The first-order valence-electron chi connectivity index (χ1n) is 8.88. The van der Waals surface area contributed by atoms with E-state index >= 15 is 0 Å². The minimum absolute atomic E-state index is 0.511. The summed E-state index contributed by atoms with van der Waals surface area (Å²) in [5, 5.41) is 0. The van der Waals surface area contributed by atoms with E-state index in [4.69, 9.17) is 9.98 Å². The molecule has 4 unspecified atom stereocenters. The second kappa shape index (κ2) is 12.2. The van der Waals surface area contributed by atoms with E-state index in [9.17, 15) is 0 Å². The van der Waals surface area contributed by atoms with Crippen LogP contribution in [0.5, 0.6) is 0 Å². The van der Waals surface area contributed by atoms with Gasteiger partial charge in [-0.1, -0.05) is 40.5 Å². The Balaban J connectivity index is 0.000000816. The summed E-state index contributed by atoms with van der Waals surface area (Å²) in [4.78, 5) is 9.61. The van der Waals surface area contributed by atoms with E-state index < -0.39 is 0 Å². The second-order valence-corrected chi connectivity index (χ2v) is 12.4. The van der Waals surface area contributed by atoms with Crippen molar-refractivity contribution in [2.24, 2.45) is 33.7 Å². The van der Waals surface area contributed by atoms with Crippen LogP contribution < -0.4 is 0 Å². The van der Waals surface area contributed by atoms with E-state index in [0.29, 0.717) is 12.1 Å². The fraction of sp³-hybridized carbons (Fsp3) is 0.889. The van der Waals surface area contributed by atoms with Crippen molar-refractivity contribution in [1.82, 2.24) is 0 Å². The van der Waals surface area contributed by atoms with Crippen LogP contribution in [0.3, 0.4) is 0 Å². The quantitative estimate of drug-likeness (QED) is 0.317. The van der Waals surface area contributed by atoms with Crippen molar-refractivity contribution in [3.05, 3.63) is 0 Å². The van der Waals surface area contributed by atoms with Crippen molar-refractivity contribution >= 4 is 40.9 Å². The Bertz CT molecular complexity index is 322. The molecular formula is C18H32Br2N2Ni. The van der Waals surface area contributed by atoms with Gasteiger partial charge in [0, 0.05) is 12.4 Å². The van der Waals surface area contributed by atoms with E-state index in [-0.39, 0.29) is 0 Å². The number of nitrogens with zero attached hydrogens (tertiary/aromatic N) is 2. The van der Waals surface area contributed by atoms with Gasteiger partial charge in [0.25, 0.3) is 0 Å². The standard InChI is InChI=1S/C18H32N2.2BrH.Ni/c1-13-7-5-8-14(2)17(13)19-11-12-20-18-15(3)9-6-10-16(18)4;;;/h11-18H,5-10H2,1-4H3;2*1H;/q;;;+2/p-2. The van der Waals surface area contributed by atoms with E-state index in [0.717, 1.165) is 23.7 Å². The molecule has 0 aliphatic heterocycles. The summed E-state index contributed by atoms with van der Waals surface area (Å²) >= 11 is 6.00. The van der Waals surface area contributed by atoms with Gasteiger partial charge in [-0.25, -0.2) is 0 Å². The average molecular weight is 495 g/mol. The molecule has 2 nitrogen and oxygen atoms in total. The number of hydrogen-bond donors (Lipinski definition) is 0. The van der Waals surface area contributed by atoms with Crippen molar-refractivity contribution in [3.63, 3.8) is 0 Å². The Kier molecular flexibility index (Phi) is 11.6. The minimum atomic E-state index is 0.511. The molecule has 0 amide bonds. The molecule has 0 aromatic heterocycles. The van der Waals surface area contributed by atoms with Crippen LogP contribution in [0, 0.1) is 23.7 Å². The molecule has 2 fully saturated rings. The zero-order valence-electron chi connectivity index (χ0n) is 14.8. The van der Waals surface area contributed by atoms with Crippen LogP contribution in [0.15, 0.2) is 9.98 Å². The molecule has 2 rings (SSSR count). The first-order valence-corrected chi connectivity index (χ1v) is 13.8. The molecule has 0 heterocycles. The van der Waals surface area contributed by atoms with Crippen molar-refractivity contribution in [1.29, 1.82) is 0 Å². The monoisotopic (exact) mass is 492 g/mol. The Morgan fingerprint density at radius 1 is 0.696 bits per heavy atom. The summed E-state index contributed by atoms with van der Waals surface area (Å²) in [5.74, 6) is 2.93. The molecule has 2 aliphatic carbocycles. The van der Waals surface area contributed by atoms with Gasteiger partial charge in [-0.05, 0) is 49.4 Å². The van der Waals surface area contributed by atoms with Crippen molar-refractivity contribution < 1.29 is 10.9 Å². The van der Waals surface area contributed by atoms with Crippen LogP contribution in [-0.4, -0.2) is 24.5 Å².